The fourth-order valence-corrected chi connectivity index (χ4v) is 1.34. The van der Waals surface area contributed by atoms with E-state index in [1.165, 1.54) is 0 Å². The second kappa shape index (κ2) is 5.17. The first kappa shape index (κ1) is 12.8. The number of hydrogen-bond acceptors (Lipinski definition) is 3. The van der Waals surface area contributed by atoms with Crippen LogP contribution in [0.3, 0.4) is 0 Å². The first-order valence-corrected chi connectivity index (χ1v) is 5.87. The van der Waals surface area contributed by atoms with E-state index in [1.54, 1.807) is 13.8 Å². The van der Waals surface area contributed by atoms with Crippen LogP contribution in [-0.2, 0) is 4.79 Å². The van der Waals surface area contributed by atoms with Gasteiger partial charge in [0.1, 0.15) is 17.4 Å². The molecule has 1 N–H and O–H groups in total. The van der Waals surface area contributed by atoms with Gasteiger partial charge in [-0.1, -0.05) is 22.9 Å². The van der Waals surface area contributed by atoms with Crippen LogP contribution >= 0.6 is 15.9 Å². The highest BCUT2D eigenvalue weighted by Gasteiger charge is 2.19. The quantitative estimate of drug-likeness (QED) is 0.868. The predicted octanol–water partition coefficient (Wildman–Crippen LogP) is 2.88. The summed E-state index contributed by atoms with van der Waals surface area (Å²) < 4.78 is 5.33. The van der Waals surface area contributed by atoms with E-state index in [9.17, 15) is 4.79 Å². The summed E-state index contributed by atoms with van der Waals surface area (Å²) in [5.74, 6) is 0.683. The molecule has 5 heteroatoms. The molecule has 0 aliphatic carbocycles. The number of aryl methyl sites for hydroxylation is 1. The summed E-state index contributed by atoms with van der Waals surface area (Å²) in [5.41, 5.74) is 1.15. The van der Waals surface area contributed by atoms with Crippen molar-refractivity contribution in [2.45, 2.75) is 32.0 Å². The third-order valence-corrected chi connectivity index (χ3v) is 3.44. The number of amides is 1. The summed E-state index contributed by atoms with van der Waals surface area (Å²) in [6.07, 6.45) is 0.673. The monoisotopic (exact) mass is 284 g/mol. The SMILES string of the molecule is CCC(Br)C(=O)Nc1oc(C)c(C)c1C#N. The molecule has 0 bridgehead atoms. The summed E-state index contributed by atoms with van der Waals surface area (Å²) in [5, 5.41) is 11.5. The third kappa shape index (κ3) is 2.45. The Hall–Kier alpha value is -1.28. The van der Waals surface area contributed by atoms with Gasteiger partial charge in [0.15, 0.2) is 0 Å². The van der Waals surface area contributed by atoms with Crippen LogP contribution in [0.1, 0.15) is 30.2 Å². The zero-order chi connectivity index (χ0) is 12.3. The van der Waals surface area contributed by atoms with E-state index < -0.39 is 0 Å². The number of carbonyl (C=O) groups excluding carboxylic acids is 1. The molecule has 16 heavy (non-hydrogen) atoms. The summed E-state index contributed by atoms with van der Waals surface area (Å²) in [4.78, 5) is 11.3. The first-order valence-electron chi connectivity index (χ1n) is 4.96. The van der Waals surface area contributed by atoms with Gasteiger partial charge in [-0.15, -0.1) is 0 Å². The average Bonchev–Trinajstić information content (AvgIpc) is 2.53. The molecule has 1 unspecified atom stereocenters. The Morgan fingerprint density at radius 3 is 2.75 bits per heavy atom. The Balaban J connectivity index is 2.95. The molecule has 0 aliphatic heterocycles. The maximum absolute atomic E-state index is 11.6. The van der Waals surface area contributed by atoms with Gasteiger partial charge < -0.3 is 4.42 Å². The van der Waals surface area contributed by atoms with E-state index in [4.69, 9.17) is 9.68 Å². The number of furan rings is 1. The molecule has 86 valence electrons. The lowest BCUT2D eigenvalue weighted by molar-refractivity contribution is -0.115. The van der Waals surface area contributed by atoms with E-state index in [0.717, 1.165) is 5.56 Å². The van der Waals surface area contributed by atoms with Crippen molar-refractivity contribution in [3.8, 4) is 6.07 Å². The largest absolute Gasteiger partial charge is 0.444 e. The molecule has 1 amide bonds. The predicted molar refractivity (Wildman–Crippen MR) is 64.5 cm³/mol. The van der Waals surface area contributed by atoms with Gasteiger partial charge in [0.2, 0.25) is 11.8 Å². The lowest BCUT2D eigenvalue weighted by atomic mass is 10.2. The molecule has 0 saturated carbocycles. The minimum absolute atomic E-state index is 0.201. The molecular formula is C11H13BrN2O2. The van der Waals surface area contributed by atoms with Gasteiger partial charge in [-0.25, -0.2) is 0 Å². The van der Waals surface area contributed by atoms with Crippen LogP contribution < -0.4 is 5.32 Å². The zero-order valence-corrected chi connectivity index (χ0v) is 11.0. The molecule has 0 radical (unpaired) electrons. The molecule has 4 nitrogen and oxygen atoms in total. The lowest BCUT2D eigenvalue weighted by Gasteiger charge is -2.06. The third-order valence-electron chi connectivity index (χ3n) is 2.38. The van der Waals surface area contributed by atoms with Crippen LogP contribution in [0.4, 0.5) is 5.88 Å². The molecule has 0 saturated heterocycles. The number of alkyl halides is 1. The Morgan fingerprint density at radius 2 is 2.25 bits per heavy atom. The fraction of sp³-hybridized carbons (Fsp3) is 0.455. The second-order valence-electron chi connectivity index (χ2n) is 3.46. The van der Waals surface area contributed by atoms with Gasteiger partial charge in [0.25, 0.3) is 0 Å². The van der Waals surface area contributed by atoms with Gasteiger partial charge in [-0.2, -0.15) is 5.26 Å². The van der Waals surface area contributed by atoms with Crippen molar-refractivity contribution in [1.82, 2.24) is 0 Å². The normalized spacial score (nSPS) is 11.9. The number of nitriles is 1. The van der Waals surface area contributed by atoms with Crippen molar-refractivity contribution in [3.05, 3.63) is 16.9 Å². The molecule has 0 aliphatic rings. The van der Waals surface area contributed by atoms with E-state index in [2.05, 4.69) is 21.2 Å². The molecule has 1 aromatic rings. The standard InChI is InChI=1S/C11H13BrN2O2/c1-4-9(12)10(15)14-11-8(5-13)6(2)7(3)16-11/h9H,4H2,1-3H3,(H,14,15). The lowest BCUT2D eigenvalue weighted by Crippen LogP contribution is -2.22. The number of rotatable bonds is 3. The number of anilines is 1. The van der Waals surface area contributed by atoms with Crippen LogP contribution in [0.25, 0.3) is 0 Å². The van der Waals surface area contributed by atoms with Crippen LogP contribution in [0.15, 0.2) is 4.42 Å². The molecule has 1 aromatic heterocycles. The number of halogens is 1. The van der Waals surface area contributed by atoms with Gasteiger partial charge >= 0.3 is 0 Å². The van der Waals surface area contributed by atoms with Gasteiger partial charge in [0.05, 0.1) is 4.83 Å². The Kier molecular flexibility index (Phi) is 4.13. The van der Waals surface area contributed by atoms with Crippen molar-refractivity contribution in [3.63, 3.8) is 0 Å². The van der Waals surface area contributed by atoms with E-state index in [0.29, 0.717) is 17.7 Å². The van der Waals surface area contributed by atoms with Gasteiger partial charge in [0, 0.05) is 5.56 Å². The first-order chi connectivity index (χ1) is 7.51. The Labute approximate surface area is 103 Å². The number of hydrogen-bond donors (Lipinski definition) is 1. The van der Waals surface area contributed by atoms with Crippen molar-refractivity contribution in [2.24, 2.45) is 0 Å². The molecule has 0 spiro atoms. The molecule has 0 fully saturated rings. The maximum Gasteiger partial charge on any atom is 0.240 e. The van der Waals surface area contributed by atoms with E-state index in [-0.39, 0.29) is 16.6 Å². The summed E-state index contributed by atoms with van der Waals surface area (Å²) in [6.45, 7) is 5.44. The highest BCUT2D eigenvalue weighted by Crippen LogP contribution is 2.25. The fourth-order valence-electron chi connectivity index (χ4n) is 1.23. The van der Waals surface area contributed by atoms with Gasteiger partial charge in [-0.05, 0) is 20.3 Å². The number of nitrogens with zero attached hydrogens (tertiary/aromatic N) is 1. The maximum atomic E-state index is 11.6. The van der Waals surface area contributed by atoms with Crippen molar-refractivity contribution in [1.29, 1.82) is 5.26 Å². The topological polar surface area (TPSA) is 66.0 Å². The molecule has 0 aromatic carbocycles. The van der Waals surface area contributed by atoms with E-state index >= 15 is 0 Å². The Bertz CT molecular complexity index is 446. The molecule has 1 atom stereocenters. The minimum atomic E-state index is -0.273. The summed E-state index contributed by atoms with van der Waals surface area (Å²) >= 11 is 3.23. The average molecular weight is 285 g/mol. The molecule has 1 rings (SSSR count). The van der Waals surface area contributed by atoms with Crippen LogP contribution in [0, 0.1) is 25.2 Å². The highest BCUT2D eigenvalue weighted by atomic mass is 79.9. The smallest absolute Gasteiger partial charge is 0.240 e. The van der Waals surface area contributed by atoms with Crippen molar-refractivity contribution in [2.75, 3.05) is 5.32 Å². The van der Waals surface area contributed by atoms with Crippen LogP contribution in [0.2, 0.25) is 0 Å². The zero-order valence-electron chi connectivity index (χ0n) is 9.43. The Morgan fingerprint density at radius 1 is 1.62 bits per heavy atom. The van der Waals surface area contributed by atoms with Gasteiger partial charge in [-0.3, -0.25) is 10.1 Å². The number of nitrogens with one attached hydrogen (secondary N) is 1. The highest BCUT2D eigenvalue weighted by molar-refractivity contribution is 9.10. The molecular weight excluding hydrogens is 272 g/mol. The van der Waals surface area contributed by atoms with E-state index in [1.807, 2.05) is 13.0 Å². The molecule has 1 heterocycles. The second-order valence-corrected chi connectivity index (χ2v) is 4.57. The summed E-state index contributed by atoms with van der Waals surface area (Å²) in [6, 6.07) is 2.02. The van der Waals surface area contributed by atoms with Crippen LogP contribution in [-0.4, -0.2) is 10.7 Å². The minimum Gasteiger partial charge on any atom is -0.444 e. The van der Waals surface area contributed by atoms with Crippen molar-refractivity contribution >= 4 is 27.7 Å². The number of carbonyl (C=O) groups is 1. The summed E-state index contributed by atoms with van der Waals surface area (Å²) in [7, 11) is 0. The van der Waals surface area contributed by atoms with Crippen LogP contribution in [0.5, 0.6) is 0 Å². The van der Waals surface area contributed by atoms with Crippen molar-refractivity contribution < 1.29 is 9.21 Å².